The molecule has 1 heterocycles. The van der Waals surface area contributed by atoms with E-state index >= 15 is 0 Å². The number of aromatic nitrogens is 2. The van der Waals surface area contributed by atoms with Gasteiger partial charge in [0.05, 0.1) is 19.3 Å². The van der Waals surface area contributed by atoms with Gasteiger partial charge >= 0.3 is 6.18 Å². The third-order valence-corrected chi connectivity index (χ3v) is 2.48. The van der Waals surface area contributed by atoms with Crippen molar-refractivity contribution in [1.29, 1.82) is 0 Å². The van der Waals surface area contributed by atoms with Crippen LogP contribution in [0.25, 0.3) is 0 Å². The highest BCUT2D eigenvalue weighted by atomic mass is 19.4. The van der Waals surface area contributed by atoms with Crippen molar-refractivity contribution in [2.75, 3.05) is 19.8 Å². The van der Waals surface area contributed by atoms with E-state index < -0.39 is 12.8 Å². The molecule has 0 saturated heterocycles. The van der Waals surface area contributed by atoms with Crippen LogP contribution < -0.4 is 5.32 Å². The van der Waals surface area contributed by atoms with E-state index in [0.717, 1.165) is 17.8 Å². The highest BCUT2D eigenvalue weighted by Crippen LogP contribution is 2.14. The van der Waals surface area contributed by atoms with Gasteiger partial charge in [0, 0.05) is 17.8 Å². The summed E-state index contributed by atoms with van der Waals surface area (Å²) in [5, 5.41) is 7.29. The van der Waals surface area contributed by atoms with Crippen LogP contribution in [0.15, 0.2) is 6.20 Å². The minimum atomic E-state index is -4.27. The molecule has 0 aromatic carbocycles. The molecule has 0 unspecified atom stereocenters. The average Bonchev–Trinajstić information content (AvgIpc) is 2.62. The Morgan fingerprint density at radius 1 is 1.44 bits per heavy atom. The maximum absolute atomic E-state index is 11.8. The second kappa shape index (κ2) is 6.75. The van der Waals surface area contributed by atoms with Crippen LogP contribution in [-0.4, -0.2) is 35.7 Å². The first kappa shape index (κ1) is 15.0. The molecule has 0 amide bonds. The van der Waals surface area contributed by atoms with Crippen molar-refractivity contribution in [3.05, 3.63) is 17.5 Å². The molecule has 7 heteroatoms. The number of rotatable bonds is 7. The molecule has 0 fully saturated rings. The van der Waals surface area contributed by atoms with Gasteiger partial charge in [-0.25, -0.2) is 0 Å². The number of nitrogens with one attached hydrogen (secondary N) is 1. The number of hydrogen-bond donors (Lipinski definition) is 1. The predicted molar refractivity (Wildman–Crippen MR) is 61.2 cm³/mol. The van der Waals surface area contributed by atoms with E-state index in [1.165, 1.54) is 0 Å². The first-order chi connectivity index (χ1) is 8.44. The topological polar surface area (TPSA) is 39.1 Å². The molecule has 0 radical (unpaired) electrons. The highest BCUT2D eigenvalue weighted by Gasteiger charge is 2.27. The van der Waals surface area contributed by atoms with Crippen molar-refractivity contribution >= 4 is 0 Å². The molecule has 1 aromatic heterocycles. The Balaban J connectivity index is 2.36. The van der Waals surface area contributed by atoms with Gasteiger partial charge in [0.25, 0.3) is 0 Å². The van der Waals surface area contributed by atoms with Crippen molar-refractivity contribution in [2.24, 2.45) is 0 Å². The Morgan fingerprint density at radius 3 is 2.78 bits per heavy atom. The lowest BCUT2D eigenvalue weighted by atomic mass is 10.2. The van der Waals surface area contributed by atoms with E-state index in [9.17, 15) is 13.2 Å². The fourth-order valence-electron chi connectivity index (χ4n) is 1.48. The molecule has 0 aliphatic carbocycles. The summed E-state index contributed by atoms with van der Waals surface area (Å²) in [6.45, 7) is 4.59. The standard InChI is InChI=1S/C11H18F3N3O/c1-3-15-6-10-7-16-17(9(10)2)4-5-18-8-11(12,13)14/h7,15H,3-6,8H2,1-2H3. The number of halogens is 3. The van der Waals surface area contributed by atoms with Gasteiger partial charge in [-0.3, -0.25) is 4.68 Å². The summed E-state index contributed by atoms with van der Waals surface area (Å²) >= 11 is 0. The van der Waals surface area contributed by atoms with Gasteiger partial charge < -0.3 is 10.1 Å². The van der Waals surface area contributed by atoms with E-state index in [2.05, 4.69) is 15.2 Å². The molecule has 1 N–H and O–H groups in total. The van der Waals surface area contributed by atoms with E-state index in [4.69, 9.17) is 0 Å². The van der Waals surface area contributed by atoms with Crippen molar-refractivity contribution in [3.8, 4) is 0 Å². The van der Waals surface area contributed by atoms with Crippen molar-refractivity contribution in [2.45, 2.75) is 33.1 Å². The number of ether oxygens (including phenoxy) is 1. The summed E-state index contributed by atoms with van der Waals surface area (Å²) in [6, 6.07) is 0. The van der Waals surface area contributed by atoms with Crippen LogP contribution in [0.3, 0.4) is 0 Å². The van der Waals surface area contributed by atoms with Crippen LogP contribution in [0.2, 0.25) is 0 Å². The highest BCUT2D eigenvalue weighted by molar-refractivity contribution is 5.15. The molecule has 18 heavy (non-hydrogen) atoms. The lowest BCUT2D eigenvalue weighted by molar-refractivity contribution is -0.174. The minimum Gasteiger partial charge on any atom is -0.370 e. The Morgan fingerprint density at radius 2 is 2.17 bits per heavy atom. The first-order valence-corrected chi connectivity index (χ1v) is 5.80. The average molecular weight is 265 g/mol. The minimum absolute atomic E-state index is 0.00266. The van der Waals surface area contributed by atoms with Gasteiger partial charge in [-0.15, -0.1) is 0 Å². The summed E-state index contributed by atoms with van der Waals surface area (Å²) in [7, 11) is 0. The van der Waals surface area contributed by atoms with Gasteiger partial charge in [-0.05, 0) is 13.5 Å². The normalized spacial score (nSPS) is 12.1. The molecule has 104 valence electrons. The lowest BCUT2D eigenvalue weighted by Crippen LogP contribution is -2.19. The summed E-state index contributed by atoms with van der Waals surface area (Å²) in [6.07, 6.45) is -2.54. The molecule has 0 aliphatic heterocycles. The quantitative estimate of drug-likeness (QED) is 0.765. The summed E-state index contributed by atoms with van der Waals surface area (Å²) in [5.41, 5.74) is 2.00. The fourth-order valence-corrected chi connectivity index (χ4v) is 1.48. The molecule has 1 rings (SSSR count). The van der Waals surface area contributed by atoms with Crippen molar-refractivity contribution in [1.82, 2.24) is 15.1 Å². The Bertz CT molecular complexity index is 363. The lowest BCUT2D eigenvalue weighted by Gasteiger charge is -2.09. The van der Waals surface area contributed by atoms with Crippen molar-refractivity contribution in [3.63, 3.8) is 0 Å². The SMILES string of the molecule is CCNCc1cnn(CCOCC(F)(F)F)c1C. The molecule has 0 aliphatic rings. The second-order valence-corrected chi connectivity index (χ2v) is 3.93. The second-order valence-electron chi connectivity index (χ2n) is 3.93. The van der Waals surface area contributed by atoms with Crippen LogP contribution in [0.4, 0.5) is 13.2 Å². The van der Waals surface area contributed by atoms with Crippen LogP contribution >= 0.6 is 0 Å². The molecule has 0 saturated carbocycles. The molecular weight excluding hydrogens is 247 g/mol. The first-order valence-electron chi connectivity index (χ1n) is 5.80. The smallest absolute Gasteiger partial charge is 0.370 e. The summed E-state index contributed by atoms with van der Waals surface area (Å²) < 4.78 is 41.7. The largest absolute Gasteiger partial charge is 0.411 e. The van der Waals surface area contributed by atoms with Crippen molar-refractivity contribution < 1.29 is 17.9 Å². The molecule has 1 aromatic rings. The Kier molecular flexibility index (Phi) is 5.61. The van der Waals surface area contributed by atoms with Crippen LogP contribution in [0, 0.1) is 6.92 Å². The summed E-state index contributed by atoms with van der Waals surface area (Å²) in [4.78, 5) is 0. The van der Waals surface area contributed by atoms with Gasteiger partial charge in [0.15, 0.2) is 0 Å². The van der Waals surface area contributed by atoms with Crippen LogP contribution in [-0.2, 0) is 17.8 Å². The molecule has 4 nitrogen and oxygen atoms in total. The number of alkyl halides is 3. The third-order valence-electron chi connectivity index (χ3n) is 2.48. The third kappa shape index (κ3) is 5.05. The van der Waals surface area contributed by atoms with Gasteiger partial charge in [0.1, 0.15) is 6.61 Å². The Labute approximate surface area is 104 Å². The maximum atomic E-state index is 11.8. The zero-order valence-electron chi connectivity index (χ0n) is 10.5. The van der Waals surface area contributed by atoms with Gasteiger partial charge in [-0.1, -0.05) is 6.92 Å². The van der Waals surface area contributed by atoms with E-state index in [-0.39, 0.29) is 6.61 Å². The zero-order chi connectivity index (χ0) is 13.6. The molecule has 0 spiro atoms. The van der Waals surface area contributed by atoms with Gasteiger partial charge in [-0.2, -0.15) is 18.3 Å². The summed E-state index contributed by atoms with van der Waals surface area (Å²) in [5.74, 6) is 0. The number of hydrogen-bond acceptors (Lipinski definition) is 3. The van der Waals surface area contributed by atoms with Crippen LogP contribution in [0.5, 0.6) is 0 Å². The Hall–Kier alpha value is -1.08. The molecule has 0 atom stereocenters. The number of nitrogens with zero attached hydrogens (tertiary/aromatic N) is 2. The fraction of sp³-hybridized carbons (Fsp3) is 0.727. The molecular formula is C11H18F3N3O. The zero-order valence-corrected chi connectivity index (χ0v) is 10.5. The maximum Gasteiger partial charge on any atom is 0.411 e. The predicted octanol–water partition coefficient (Wildman–Crippen LogP) is 1.88. The van der Waals surface area contributed by atoms with E-state index in [1.807, 2.05) is 13.8 Å². The van der Waals surface area contributed by atoms with E-state index in [1.54, 1.807) is 10.9 Å². The van der Waals surface area contributed by atoms with E-state index in [0.29, 0.717) is 13.1 Å². The van der Waals surface area contributed by atoms with Gasteiger partial charge in [0.2, 0.25) is 0 Å². The van der Waals surface area contributed by atoms with Crippen LogP contribution in [0.1, 0.15) is 18.2 Å². The molecule has 0 bridgehead atoms. The monoisotopic (exact) mass is 265 g/mol.